The fourth-order valence-electron chi connectivity index (χ4n) is 10.6. The monoisotopic (exact) mass is 801 g/mol. The van der Waals surface area contributed by atoms with E-state index in [1.165, 1.54) is 93.5 Å². The zero-order valence-electron chi connectivity index (χ0n) is 35.0. The standard InChI is InChI=1S/C62H43N/c1-62(57-31-14-21-44-18-4-7-24-53(44)57)58-30-10-8-26-56(58)61-55(29-15-32-59(61)62)54-25-9-11-33-60(54)63(47-38-34-45(35-39-47)51-27-12-19-42-16-2-5-22-49(42)51)48-40-36-46(37-41-48)52-28-13-20-43-17-3-6-23-50(43)52/h2-41H,1H3. The van der Waals surface area contributed by atoms with Crippen molar-refractivity contribution in [1.29, 1.82) is 0 Å². The van der Waals surface area contributed by atoms with Gasteiger partial charge in [0.25, 0.3) is 0 Å². The first-order valence-corrected chi connectivity index (χ1v) is 21.9. The number of anilines is 3. The lowest BCUT2D eigenvalue weighted by Crippen LogP contribution is -2.22. The third-order valence-corrected chi connectivity index (χ3v) is 13.6. The molecule has 11 aromatic rings. The molecule has 0 saturated carbocycles. The molecule has 0 aliphatic heterocycles. The summed E-state index contributed by atoms with van der Waals surface area (Å²) in [6.45, 7) is 2.43. The SMILES string of the molecule is CC1(c2cccc3ccccc23)c2ccccc2-c2c(-c3ccccc3N(c3ccc(-c4cccc5ccccc45)cc3)c3ccc(-c4cccc5ccccc45)cc3)cccc21. The molecule has 0 heterocycles. The van der Waals surface area contributed by atoms with Crippen LogP contribution in [0.15, 0.2) is 243 Å². The van der Waals surface area contributed by atoms with Crippen LogP contribution in [0.2, 0.25) is 0 Å². The molecule has 0 bridgehead atoms. The average Bonchev–Trinajstić information content (AvgIpc) is 3.62. The fourth-order valence-corrected chi connectivity index (χ4v) is 10.6. The van der Waals surface area contributed by atoms with Crippen LogP contribution in [0, 0.1) is 0 Å². The molecule has 0 spiro atoms. The Morgan fingerprint density at radius 3 is 1.30 bits per heavy atom. The van der Waals surface area contributed by atoms with Crippen LogP contribution in [0.1, 0.15) is 23.6 Å². The van der Waals surface area contributed by atoms with Gasteiger partial charge in [0.2, 0.25) is 0 Å². The minimum Gasteiger partial charge on any atom is -0.310 e. The second-order valence-corrected chi connectivity index (χ2v) is 16.9. The van der Waals surface area contributed by atoms with Crippen LogP contribution in [0.5, 0.6) is 0 Å². The largest absolute Gasteiger partial charge is 0.310 e. The van der Waals surface area contributed by atoms with Gasteiger partial charge in [0.05, 0.1) is 5.69 Å². The van der Waals surface area contributed by atoms with E-state index in [1.54, 1.807) is 0 Å². The molecule has 1 atom stereocenters. The number of hydrogen-bond donors (Lipinski definition) is 0. The molecule has 1 nitrogen and oxygen atoms in total. The van der Waals surface area contributed by atoms with Crippen molar-refractivity contribution in [3.05, 3.63) is 259 Å². The summed E-state index contributed by atoms with van der Waals surface area (Å²) in [7, 11) is 0. The number of para-hydroxylation sites is 1. The van der Waals surface area contributed by atoms with Gasteiger partial charge in [0, 0.05) is 22.4 Å². The van der Waals surface area contributed by atoms with E-state index in [-0.39, 0.29) is 5.41 Å². The predicted molar refractivity (Wildman–Crippen MR) is 267 cm³/mol. The summed E-state index contributed by atoms with van der Waals surface area (Å²) < 4.78 is 0. The topological polar surface area (TPSA) is 3.24 Å². The number of nitrogens with zero attached hydrogens (tertiary/aromatic N) is 1. The number of hydrogen-bond acceptors (Lipinski definition) is 1. The summed E-state index contributed by atoms with van der Waals surface area (Å²) >= 11 is 0. The first-order valence-electron chi connectivity index (χ1n) is 21.9. The lowest BCUT2D eigenvalue weighted by Gasteiger charge is -2.30. The quantitative estimate of drug-likeness (QED) is 0.155. The second kappa shape index (κ2) is 14.9. The van der Waals surface area contributed by atoms with E-state index in [0.717, 1.165) is 17.1 Å². The Kier molecular flexibility index (Phi) is 8.69. The number of fused-ring (bicyclic) bond motifs is 6. The van der Waals surface area contributed by atoms with Gasteiger partial charge in [-0.3, -0.25) is 0 Å². The lowest BCUT2D eigenvalue weighted by molar-refractivity contribution is 0.721. The maximum Gasteiger partial charge on any atom is 0.0540 e. The minimum atomic E-state index is -0.355. The molecule has 0 aromatic heterocycles. The summed E-state index contributed by atoms with van der Waals surface area (Å²) in [6.07, 6.45) is 0. The van der Waals surface area contributed by atoms with E-state index in [9.17, 15) is 0 Å². The maximum atomic E-state index is 2.44. The zero-order valence-corrected chi connectivity index (χ0v) is 35.0. The van der Waals surface area contributed by atoms with Crippen LogP contribution >= 0.6 is 0 Å². The van der Waals surface area contributed by atoms with Gasteiger partial charge >= 0.3 is 0 Å². The molecular formula is C62H43N. The van der Waals surface area contributed by atoms with E-state index >= 15 is 0 Å². The molecule has 1 heteroatoms. The van der Waals surface area contributed by atoms with Gasteiger partial charge in [0.1, 0.15) is 0 Å². The molecule has 1 unspecified atom stereocenters. The highest BCUT2D eigenvalue weighted by Crippen LogP contribution is 2.57. The van der Waals surface area contributed by atoms with Crippen LogP contribution in [0.25, 0.3) is 76.8 Å². The van der Waals surface area contributed by atoms with Gasteiger partial charge in [-0.25, -0.2) is 0 Å². The van der Waals surface area contributed by atoms with Gasteiger partial charge in [-0.15, -0.1) is 0 Å². The Bertz CT molecular complexity index is 3390. The predicted octanol–water partition coefficient (Wildman–Crippen LogP) is 17.0. The molecule has 11 aromatic carbocycles. The normalized spacial score (nSPS) is 14.2. The summed E-state index contributed by atoms with van der Waals surface area (Å²) in [5.74, 6) is 0. The van der Waals surface area contributed by atoms with Crippen molar-refractivity contribution in [3.63, 3.8) is 0 Å². The summed E-state index contributed by atoms with van der Waals surface area (Å²) in [4.78, 5) is 2.44. The van der Waals surface area contributed by atoms with Crippen molar-refractivity contribution >= 4 is 49.4 Å². The first kappa shape index (κ1) is 36.8. The van der Waals surface area contributed by atoms with Crippen LogP contribution < -0.4 is 4.90 Å². The van der Waals surface area contributed by atoms with Crippen molar-refractivity contribution in [2.75, 3.05) is 4.90 Å². The Balaban J connectivity index is 1.05. The molecule has 0 fully saturated rings. The third-order valence-electron chi connectivity index (χ3n) is 13.6. The van der Waals surface area contributed by atoms with Crippen LogP contribution in [0.3, 0.4) is 0 Å². The highest BCUT2D eigenvalue weighted by molar-refractivity contribution is 6.02. The van der Waals surface area contributed by atoms with Gasteiger partial charge < -0.3 is 4.90 Å². The molecule has 1 aliphatic carbocycles. The Hall–Kier alpha value is -8.00. The van der Waals surface area contributed by atoms with Gasteiger partial charge in [-0.1, -0.05) is 212 Å². The number of rotatable bonds is 7. The van der Waals surface area contributed by atoms with Crippen molar-refractivity contribution in [3.8, 4) is 44.5 Å². The van der Waals surface area contributed by atoms with Crippen molar-refractivity contribution in [1.82, 2.24) is 0 Å². The summed E-state index contributed by atoms with van der Waals surface area (Å²) in [5.41, 5.74) is 16.8. The molecule has 0 N–H and O–H groups in total. The Morgan fingerprint density at radius 1 is 0.286 bits per heavy atom. The molecular weight excluding hydrogens is 759 g/mol. The van der Waals surface area contributed by atoms with E-state index in [4.69, 9.17) is 0 Å². The third kappa shape index (κ3) is 5.92. The van der Waals surface area contributed by atoms with Crippen molar-refractivity contribution in [2.24, 2.45) is 0 Å². The van der Waals surface area contributed by atoms with Gasteiger partial charge in [-0.05, 0) is 125 Å². The molecule has 12 rings (SSSR count). The zero-order chi connectivity index (χ0) is 41.9. The first-order chi connectivity index (χ1) is 31.1. The van der Waals surface area contributed by atoms with E-state index in [0.29, 0.717) is 0 Å². The van der Waals surface area contributed by atoms with E-state index < -0.39 is 0 Å². The Morgan fingerprint density at radius 2 is 0.683 bits per heavy atom. The molecule has 1 aliphatic rings. The molecule has 0 saturated heterocycles. The second-order valence-electron chi connectivity index (χ2n) is 16.9. The molecule has 296 valence electrons. The van der Waals surface area contributed by atoms with E-state index in [2.05, 4.69) is 254 Å². The molecule has 0 radical (unpaired) electrons. The molecule has 0 amide bonds. The van der Waals surface area contributed by atoms with Crippen LogP contribution in [0.4, 0.5) is 17.1 Å². The van der Waals surface area contributed by atoms with Crippen LogP contribution in [-0.4, -0.2) is 0 Å². The van der Waals surface area contributed by atoms with Crippen molar-refractivity contribution in [2.45, 2.75) is 12.3 Å². The maximum absolute atomic E-state index is 2.44. The van der Waals surface area contributed by atoms with E-state index in [1.807, 2.05) is 0 Å². The highest BCUT2D eigenvalue weighted by Gasteiger charge is 2.42. The number of benzene rings is 11. The Labute approximate surface area is 368 Å². The summed E-state index contributed by atoms with van der Waals surface area (Å²) in [6, 6.07) is 89.3. The van der Waals surface area contributed by atoms with Gasteiger partial charge in [-0.2, -0.15) is 0 Å². The average molecular weight is 802 g/mol. The van der Waals surface area contributed by atoms with Crippen molar-refractivity contribution < 1.29 is 0 Å². The summed E-state index contributed by atoms with van der Waals surface area (Å²) in [5, 5.41) is 7.56. The minimum absolute atomic E-state index is 0.355. The highest BCUT2D eigenvalue weighted by atomic mass is 15.1. The van der Waals surface area contributed by atoms with Crippen LogP contribution in [-0.2, 0) is 5.41 Å². The smallest absolute Gasteiger partial charge is 0.0540 e. The van der Waals surface area contributed by atoms with Gasteiger partial charge in [0.15, 0.2) is 0 Å². The lowest BCUT2D eigenvalue weighted by atomic mass is 9.72. The fraction of sp³-hybridized carbons (Fsp3) is 0.0323. The molecule has 63 heavy (non-hydrogen) atoms.